The maximum Gasteiger partial charge on any atom is 0.179 e. The van der Waals surface area contributed by atoms with Gasteiger partial charge in [0.25, 0.3) is 0 Å². The topological polar surface area (TPSA) is 43.0 Å². The van der Waals surface area contributed by atoms with E-state index < -0.39 is 0 Å². The molecule has 0 aromatic heterocycles. The number of methoxy groups -OCH3 is 2. The van der Waals surface area contributed by atoms with Crippen molar-refractivity contribution < 1.29 is 14.2 Å². The third kappa shape index (κ3) is 5.14. The van der Waals surface area contributed by atoms with E-state index in [-0.39, 0.29) is 0 Å². The summed E-state index contributed by atoms with van der Waals surface area (Å²) >= 11 is 6.32. The fourth-order valence-corrected chi connectivity index (χ4v) is 3.76. The van der Waals surface area contributed by atoms with E-state index in [2.05, 4.69) is 40.5 Å². The van der Waals surface area contributed by atoms with Crippen LogP contribution in [0.5, 0.6) is 11.5 Å². The molecule has 146 valence electrons. The lowest BCUT2D eigenvalue weighted by molar-refractivity contribution is 0.0161. The van der Waals surface area contributed by atoms with Crippen molar-refractivity contribution in [3.63, 3.8) is 0 Å². The number of hydrogen-bond acceptors (Lipinski definition) is 5. The standard InChI is InChI=1S/C21H27ClN2O3/c1-25-20-13-16(12-18(22)21(20)26-2)14-23-15-19(17-6-4-3-5-7-17)24-8-10-27-11-9-24/h3-7,12-13,19,23H,8-11,14-15H2,1-2H3. The van der Waals surface area contributed by atoms with E-state index in [4.69, 9.17) is 25.8 Å². The van der Waals surface area contributed by atoms with Gasteiger partial charge in [-0.15, -0.1) is 0 Å². The Hall–Kier alpha value is -1.79. The van der Waals surface area contributed by atoms with Gasteiger partial charge in [-0.3, -0.25) is 4.90 Å². The Bertz CT molecular complexity index is 721. The van der Waals surface area contributed by atoms with Gasteiger partial charge in [0.2, 0.25) is 0 Å². The second-order valence-electron chi connectivity index (χ2n) is 6.52. The van der Waals surface area contributed by atoms with Crippen LogP contribution in [0.3, 0.4) is 0 Å². The van der Waals surface area contributed by atoms with Gasteiger partial charge < -0.3 is 19.5 Å². The minimum atomic E-state index is 0.311. The lowest BCUT2D eigenvalue weighted by Crippen LogP contribution is -2.42. The average Bonchev–Trinajstić information content (AvgIpc) is 2.72. The Kier molecular flexibility index (Phi) is 7.35. The van der Waals surface area contributed by atoms with Gasteiger partial charge >= 0.3 is 0 Å². The minimum absolute atomic E-state index is 0.311. The van der Waals surface area contributed by atoms with Crippen LogP contribution in [0.15, 0.2) is 42.5 Å². The molecule has 1 aliphatic rings. The molecular weight excluding hydrogens is 364 g/mol. The molecule has 0 aliphatic carbocycles. The molecule has 1 fully saturated rings. The molecule has 2 aromatic carbocycles. The summed E-state index contributed by atoms with van der Waals surface area (Å²) < 4.78 is 16.2. The van der Waals surface area contributed by atoms with Crippen molar-refractivity contribution in [1.82, 2.24) is 10.2 Å². The first-order valence-corrected chi connectivity index (χ1v) is 9.58. The fraction of sp³-hybridized carbons (Fsp3) is 0.429. The van der Waals surface area contributed by atoms with E-state index in [1.165, 1.54) is 5.56 Å². The van der Waals surface area contributed by atoms with Gasteiger partial charge in [0, 0.05) is 32.2 Å². The van der Waals surface area contributed by atoms with Gasteiger partial charge in [-0.1, -0.05) is 41.9 Å². The largest absolute Gasteiger partial charge is 0.493 e. The molecule has 1 atom stereocenters. The molecule has 1 saturated heterocycles. The van der Waals surface area contributed by atoms with Crippen molar-refractivity contribution in [2.24, 2.45) is 0 Å². The highest BCUT2D eigenvalue weighted by Crippen LogP contribution is 2.36. The normalized spacial score (nSPS) is 16.1. The first kappa shape index (κ1) is 20.0. The highest BCUT2D eigenvalue weighted by atomic mass is 35.5. The second kappa shape index (κ2) is 9.95. The number of halogens is 1. The summed E-state index contributed by atoms with van der Waals surface area (Å²) in [5, 5.41) is 4.13. The third-order valence-electron chi connectivity index (χ3n) is 4.83. The lowest BCUT2D eigenvalue weighted by atomic mass is 10.0. The second-order valence-corrected chi connectivity index (χ2v) is 6.93. The monoisotopic (exact) mass is 390 g/mol. The first-order chi connectivity index (χ1) is 13.2. The Morgan fingerprint density at radius 3 is 2.52 bits per heavy atom. The smallest absolute Gasteiger partial charge is 0.179 e. The summed E-state index contributed by atoms with van der Waals surface area (Å²) in [4.78, 5) is 2.48. The molecular formula is C21H27ClN2O3. The Morgan fingerprint density at radius 2 is 1.85 bits per heavy atom. The number of morpholine rings is 1. The van der Waals surface area contributed by atoms with Crippen molar-refractivity contribution in [1.29, 1.82) is 0 Å². The predicted molar refractivity (Wildman–Crippen MR) is 108 cm³/mol. The van der Waals surface area contributed by atoms with E-state index >= 15 is 0 Å². The summed E-state index contributed by atoms with van der Waals surface area (Å²) in [6.07, 6.45) is 0. The van der Waals surface area contributed by atoms with Crippen molar-refractivity contribution in [3.05, 3.63) is 58.6 Å². The van der Waals surface area contributed by atoms with Gasteiger partial charge in [0.15, 0.2) is 11.5 Å². The van der Waals surface area contributed by atoms with E-state index in [0.29, 0.717) is 29.1 Å². The van der Waals surface area contributed by atoms with E-state index in [1.807, 2.05) is 12.1 Å². The molecule has 2 aromatic rings. The maximum absolute atomic E-state index is 6.32. The van der Waals surface area contributed by atoms with E-state index in [1.54, 1.807) is 14.2 Å². The zero-order valence-corrected chi connectivity index (χ0v) is 16.7. The summed E-state index contributed by atoms with van der Waals surface area (Å²) in [6, 6.07) is 14.8. The lowest BCUT2D eigenvalue weighted by Gasteiger charge is -2.35. The molecule has 1 N–H and O–H groups in total. The molecule has 1 unspecified atom stereocenters. The predicted octanol–water partition coefficient (Wildman–Crippen LogP) is 3.52. The minimum Gasteiger partial charge on any atom is -0.493 e. The Balaban J connectivity index is 1.68. The molecule has 0 bridgehead atoms. The molecule has 27 heavy (non-hydrogen) atoms. The van der Waals surface area contributed by atoms with Crippen LogP contribution in [0.2, 0.25) is 5.02 Å². The third-order valence-corrected chi connectivity index (χ3v) is 5.11. The zero-order valence-electron chi connectivity index (χ0n) is 15.9. The molecule has 0 radical (unpaired) electrons. The number of nitrogens with one attached hydrogen (secondary N) is 1. The van der Waals surface area contributed by atoms with Crippen LogP contribution in [0.25, 0.3) is 0 Å². The number of hydrogen-bond donors (Lipinski definition) is 1. The van der Waals surface area contributed by atoms with Crippen LogP contribution in [-0.2, 0) is 11.3 Å². The van der Waals surface area contributed by atoms with Gasteiger partial charge in [0.1, 0.15) is 0 Å². The number of ether oxygens (including phenoxy) is 3. The van der Waals surface area contributed by atoms with Crippen molar-refractivity contribution >= 4 is 11.6 Å². The average molecular weight is 391 g/mol. The fourth-order valence-electron chi connectivity index (χ4n) is 3.45. The number of nitrogens with zero attached hydrogens (tertiary/aromatic N) is 1. The molecule has 0 amide bonds. The van der Waals surface area contributed by atoms with Crippen LogP contribution < -0.4 is 14.8 Å². The van der Waals surface area contributed by atoms with Crippen LogP contribution in [0.4, 0.5) is 0 Å². The zero-order chi connectivity index (χ0) is 19.1. The molecule has 3 rings (SSSR count). The van der Waals surface area contributed by atoms with Crippen molar-refractivity contribution in [2.45, 2.75) is 12.6 Å². The summed E-state index contributed by atoms with van der Waals surface area (Å²) in [7, 11) is 3.21. The molecule has 1 aliphatic heterocycles. The summed E-state index contributed by atoms with van der Waals surface area (Å²) in [5.74, 6) is 1.22. The van der Waals surface area contributed by atoms with Gasteiger partial charge in [0.05, 0.1) is 32.5 Å². The van der Waals surface area contributed by atoms with Gasteiger partial charge in [-0.2, -0.15) is 0 Å². The number of rotatable bonds is 8. The highest BCUT2D eigenvalue weighted by molar-refractivity contribution is 6.32. The van der Waals surface area contributed by atoms with Crippen molar-refractivity contribution in [3.8, 4) is 11.5 Å². The van der Waals surface area contributed by atoms with Gasteiger partial charge in [-0.25, -0.2) is 0 Å². The van der Waals surface area contributed by atoms with Crippen LogP contribution in [0.1, 0.15) is 17.2 Å². The van der Waals surface area contributed by atoms with Crippen molar-refractivity contribution in [2.75, 3.05) is 47.1 Å². The van der Waals surface area contributed by atoms with Gasteiger partial charge in [-0.05, 0) is 23.3 Å². The molecule has 0 spiro atoms. The van der Waals surface area contributed by atoms with E-state index in [9.17, 15) is 0 Å². The first-order valence-electron chi connectivity index (χ1n) is 9.20. The Labute approximate surface area is 166 Å². The number of benzene rings is 2. The molecule has 0 saturated carbocycles. The van der Waals surface area contributed by atoms with Crippen LogP contribution in [0, 0.1) is 0 Å². The summed E-state index contributed by atoms with van der Waals surface area (Å²) in [6.45, 7) is 5.01. The Morgan fingerprint density at radius 1 is 1.11 bits per heavy atom. The maximum atomic E-state index is 6.32. The van der Waals surface area contributed by atoms with Crippen LogP contribution >= 0.6 is 11.6 Å². The van der Waals surface area contributed by atoms with E-state index in [0.717, 1.165) is 38.4 Å². The highest BCUT2D eigenvalue weighted by Gasteiger charge is 2.22. The summed E-state index contributed by atoms with van der Waals surface area (Å²) in [5.41, 5.74) is 2.38. The molecule has 5 nitrogen and oxygen atoms in total. The molecule has 1 heterocycles. The van der Waals surface area contributed by atoms with Crippen LogP contribution in [-0.4, -0.2) is 52.0 Å². The quantitative estimate of drug-likeness (QED) is 0.747. The SMILES string of the molecule is COc1cc(CNCC(c2ccccc2)N2CCOCC2)cc(Cl)c1OC. The molecule has 6 heteroatoms.